The Morgan fingerprint density at radius 1 is 0.931 bits per heavy atom. The topological polar surface area (TPSA) is 29.5 Å². The van der Waals surface area contributed by atoms with E-state index in [9.17, 15) is 9.18 Å². The fraction of sp³-hybridized carbons (Fsp3) is 0.240. The van der Waals surface area contributed by atoms with Crippen LogP contribution in [0.5, 0.6) is 5.75 Å². The van der Waals surface area contributed by atoms with Crippen molar-refractivity contribution in [2.24, 2.45) is 0 Å². The highest BCUT2D eigenvalue weighted by molar-refractivity contribution is 5.94. The summed E-state index contributed by atoms with van der Waals surface area (Å²) in [5.74, 6) is 0.239. The van der Waals surface area contributed by atoms with Crippen LogP contribution in [0, 0.1) is 5.82 Å². The molecule has 29 heavy (non-hydrogen) atoms. The summed E-state index contributed by atoms with van der Waals surface area (Å²) in [6.45, 7) is 3.72. The Labute approximate surface area is 171 Å². The quantitative estimate of drug-likeness (QED) is 0.458. The summed E-state index contributed by atoms with van der Waals surface area (Å²) in [7, 11) is 0. The van der Waals surface area contributed by atoms with Crippen LogP contribution in [-0.2, 0) is 13.2 Å². The minimum Gasteiger partial charge on any atom is -0.489 e. The van der Waals surface area contributed by atoms with Crippen LogP contribution < -0.4 is 4.74 Å². The molecule has 0 aromatic heterocycles. The molecule has 0 fully saturated rings. The van der Waals surface area contributed by atoms with E-state index in [2.05, 4.69) is 6.92 Å². The minimum atomic E-state index is -0.397. The number of benzene rings is 3. The summed E-state index contributed by atoms with van der Waals surface area (Å²) < 4.78 is 19.3. The second-order valence-electron chi connectivity index (χ2n) is 7.01. The van der Waals surface area contributed by atoms with E-state index in [1.807, 2.05) is 54.6 Å². The van der Waals surface area contributed by atoms with E-state index in [0.29, 0.717) is 25.3 Å². The first kappa shape index (κ1) is 20.6. The van der Waals surface area contributed by atoms with E-state index in [1.54, 1.807) is 17.0 Å². The van der Waals surface area contributed by atoms with Crippen molar-refractivity contribution in [3.8, 4) is 5.75 Å². The molecule has 3 aromatic rings. The molecule has 0 saturated carbocycles. The third-order valence-corrected chi connectivity index (χ3v) is 4.69. The van der Waals surface area contributed by atoms with Crippen LogP contribution in [0.15, 0.2) is 78.9 Å². The zero-order chi connectivity index (χ0) is 20.5. The van der Waals surface area contributed by atoms with Gasteiger partial charge in [-0.25, -0.2) is 4.39 Å². The molecule has 3 nitrogen and oxygen atoms in total. The van der Waals surface area contributed by atoms with E-state index in [4.69, 9.17) is 4.74 Å². The van der Waals surface area contributed by atoms with Gasteiger partial charge in [0.2, 0.25) is 0 Å². The van der Waals surface area contributed by atoms with E-state index in [-0.39, 0.29) is 5.91 Å². The molecule has 0 aliphatic carbocycles. The third kappa shape index (κ3) is 6.18. The molecule has 0 saturated heterocycles. The molecule has 4 heteroatoms. The fourth-order valence-electron chi connectivity index (χ4n) is 3.06. The van der Waals surface area contributed by atoms with Crippen molar-refractivity contribution < 1.29 is 13.9 Å². The monoisotopic (exact) mass is 391 g/mol. The Bertz CT molecular complexity index is 910. The minimum absolute atomic E-state index is 0.151. The second kappa shape index (κ2) is 10.4. The number of carbonyl (C=O) groups excluding carboxylic acids is 1. The van der Waals surface area contributed by atoms with Gasteiger partial charge in [0.15, 0.2) is 0 Å². The molecule has 0 N–H and O–H groups in total. The molecule has 1 amide bonds. The third-order valence-electron chi connectivity index (χ3n) is 4.69. The summed E-state index contributed by atoms with van der Waals surface area (Å²) >= 11 is 0. The lowest BCUT2D eigenvalue weighted by atomic mass is 10.1. The number of unbranched alkanes of at least 4 members (excludes halogenated alkanes) is 1. The fourth-order valence-corrected chi connectivity index (χ4v) is 3.06. The average molecular weight is 391 g/mol. The first-order valence-corrected chi connectivity index (χ1v) is 9.96. The van der Waals surface area contributed by atoms with Crippen LogP contribution in [0.2, 0.25) is 0 Å². The van der Waals surface area contributed by atoms with Gasteiger partial charge in [-0.1, -0.05) is 61.9 Å². The predicted molar refractivity (Wildman–Crippen MR) is 113 cm³/mol. The average Bonchev–Trinajstić information content (AvgIpc) is 2.76. The van der Waals surface area contributed by atoms with Gasteiger partial charge in [-0.2, -0.15) is 0 Å². The van der Waals surface area contributed by atoms with Crippen LogP contribution in [0.4, 0.5) is 4.39 Å². The molecule has 0 spiro atoms. The number of halogens is 1. The van der Waals surface area contributed by atoms with Crippen LogP contribution in [0.3, 0.4) is 0 Å². The van der Waals surface area contributed by atoms with Gasteiger partial charge in [0.1, 0.15) is 18.2 Å². The maximum atomic E-state index is 13.5. The first-order valence-electron chi connectivity index (χ1n) is 9.96. The summed E-state index contributed by atoms with van der Waals surface area (Å²) in [6, 6.07) is 23.7. The summed E-state index contributed by atoms with van der Waals surface area (Å²) in [4.78, 5) is 14.6. The summed E-state index contributed by atoms with van der Waals surface area (Å²) in [6.07, 6.45) is 1.89. The normalized spacial score (nSPS) is 10.6. The van der Waals surface area contributed by atoms with Gasteiger partial charge in [0.25, 0.3) is 5.91 Å². The predicted octanol–water partition coefficient (Wildman–Crippen LogP) is 5.85. The molecule has 0 atom stereocenters. The van der Waals surface area contributed by atoms with Crippen LogP contribution in [-0.4, -0.2) is 17.4 Å². The van der Waals surface area contributed by atoms with Crippen molar-refractivity contribution in [1.82, 2.24) is 4.90 Å². The maximum Gasteiger partial charge on any atom is 0.254 e. The maximum absolute atomic E-state index is 13.5. The first-order chi connectivity index (χ1) is 14.2. The van der Waals surface area contributed by atoms with Crippen molar-refractivity contribution in [3.63, 3.8) is 0 Å². The highest BCUT2D eigenvalue weighted by Gasteiger charge is 2.16. The highest BCUT2D eigenvalue weighted by Crippen LogP contribution is 2.17. The number of ether oxygens (including phenoxy) is 1. The zero-order valence-electron chi connectivity index (χ0n) is 16.7. The molecule has 0 radical (unpaired) electrons. The van der Waals surface area contributed by atoms with Gasteiger partial charge in [-0.15, -0.1) is 0 Å². The lowest BCUT2D eigenvalue weighted by Crippen LogP contribution is -2.31. The van der Waals surface area contributed by atoms with E-state index in [1.165, 1.54) is 12.1 Å². The second-order valence-corrected chi connectivity index (χ2v) is 7.01. The lowest BCUT2D eigenvalue weighted by molar-refractivity contribution is 0.0740. The number of rotatable bonds is 9. The van der Waals surface area contributed by atoms with Crippen molar-refractivity contribution in [2.45, 2.75) is 32.9 Å². The van der Waals surface area contributed by atoms with Crippen LogP contribution >= 0.6 is 0 Å². The molecule has 150 valence electrons. The van der Waals surface area contributed by atoms with Crippen molar-refractivity contribution in [2.75, 3.05) is 6.54 Å². The van der Waals surface area contributed by atoms with Gasteiger partial charge in [0.05, 0.1) is 0 Å². The molecule has 0 unspecified atom stereocenters. The SMILES string of the molecule is CCCCN(Cc1ccc(OCc2ccccc2)cc1)C(=O)c1cccc(F)c1. The molecule has 0 aliphatic heterocycles. The smallest absolute Gasteiger partial charge is 0.254 e. The summed E-state index contributed by atoms with van der Waals surface area (Å²) in [5.41, 5.74) is 2.50. The molecular weight excluding hydrogens is 365 g/mol. The van der Waals surface area contributed by atoms with Gasteiger partial charge in [-0.3, -0.25) is 4.79 Å². The Morgan fingerprint density at radius 2 is 1.69 bits per heavy atom. The number of hydrogen-bond donors (Lipinski definition) is 0. The molecular formula is C25H26FNO2. The standard InChI is InChI=1S/C25H26FNO2/c1-2-3-16-27(25(28)22-10-7-11-23(26)17-22)18-20-12-14-24(15-13-20)29-19-21-8-5-4-6-9-21/h4-15,17H,2-3,16,18-19H2,1H3. The van der Waals surface area contributed by atoms with Gasteiger partial charge in [-0.05, 0) is 47.9 Å². The Kier molecular flexibility index (Phi) is 7.40. The number of hydrogen-bond acceptors (Lipinski definition) is 2. The molecule has 0 bridgehead atoms. The number of amides is 1. The van der Waals surface area contributed by atoms with Gasteiger partial charge < -0.3 is 9.64 Å². The molecule has 0 heterocycles. The van der Waals surface area contributed by atoms with Crippen molar-refractivity contribution >= 4 is 5.91 Å². The lowest BCUT2D eigenvalue weighted by Gasteiger charge is -2.23. The zero-order valence-corrected chi connectivity index (χ0v) is 16.7. The van der Waals surface area contributed by atoms with E-state index in [0.717, 1.165) is 29.7 Å². The highest BCUT2D eigenvalue weighted by atomic mass is 19.1. The Hall–Kier alpha value is -3.14. The van der Waals surface area contributed by atoms with Crippen LogP contribution in [0.1, 0.15) is 41.3 Å². The van der Waals surface area contributed by atoms with Gasteiger partial charge in [0, 0.05) is 18.7 Å². The van der Waals surface area contributed by atoms with Crippen LogP contribution in [0.25, 0.3) is 0 Å². The summed E-state index contributed by atoms with van der Waals surface area (Å²) in [5, 5.41) is 0. The van der Waals surface area contributed by atoms with E-state index < -0.39 is 5.82 Å². The largest absolute Gasteiger partial charge is 0.489 e. The van der Waals surface area contributed by atoms with Crippen molar-refractivity contribution in [1.29, 1.82) is 0 Å². The molecule has 3 aromatic carbocycles. The number of carbonyl (C=O) groups is 1. The molecule has 3 rings (SSSR count). The number of nitrogens with zero attached hydrogens (tertiary/aromatic N) is 1. The van der Waals surface area contributed by atoms with Crippen molar-refractivity contribution in [3.05, 3.63) is 101 Å². The van der Waals surface area contributed by atoms with Gasteiger partial charge >= 0.3 is 0 Å². The van der Waals surface area contributed by atoms with E-state index >= 15 is 0 Å². The molecule has 0 aliphatic rings. The Morgan fingerprint density at radius 3 is 2.38 bits per heavy atom. The Balaban J connectivity index is 1.65.